The molecule has 0 N–H and O–H groups in total. The molecule has 0 rings (SSSR count). The Bertz CT molecular complexity index is 303. The van der Waals surface area contributed by atoms with Crippen molar-refractivity contribution in [3.63, 3.8) is 0 Å². The Morgan fingerprint density at radius 1 is 0.448 bits per heavy atom. The maximum absolute atomic E-state index is 2.41. The van der Waals surface area contributed by atoms with Crippen LogP contribution < -0.4 is 0 Å². The topological polar surface area (TPSA) is 0 Å². The molecular weight excluding hydrogens is 348 g/mol. The van der Waals surface area contributed by atoms with Gasteiger partial charge in [-0.2, -0.15) is 0 Å². The maximum atomic E-state index is 2.41. The smallest absolute Gasteiger partial charge is 0.0351 e. The molecule has 0 aliphatic rings. The zero-order chi connectivity index (χ0) is 21.3. The Kier molecular flexibility index (Phi) is 25.5. The third kappa shape index (κ3) is 23.9. The van der Waals surface area contributed by atoms with Crippen LogP contribution in [0.25, 0.3) is 0 Å². The van der Waals surface area contributed by atoms with Gasteiger partial charge in [-0.3, -0.25) is 0 Å². The van der Waals surface area contributed by atoms with Crippen molar-refractivity contribution in [2.75, 3.05) is 0 Å². The minimum Gasteiger partial charge on any atom is -0.0888 e. The fourth-order valence-corrected chi connectivity index (χ4v) is 4.51. The van der Waals surface area contributed by atoms with Crippen molar-refractivity contribution in [3.8, 4) is 0 Å². The summed E-state index contributed by atoms with van der Waals surface area (Å²) >= 11 is 0. The fraction of sp³-hybridized carbons (Fsp3) is 0.931. The Morgan fingerprint density at radius 2 is 0.862 bits per heavy atom. The Labute approximate surface area is 186 Å². The minimum absolute atomic E-state index is 1.02. The molecule has 0 amide bonds. The average molecular weight is 407 g/mol. The van der Waals surface area contributed by atoms with Crippen molar-refractivity contribution in [1.82, 2.24) is 0 Å². The lowest BCUT2D eigenvalue weighted by Crippen LogP contribution is -1.99. The van der Waals surface area contributed by atoms with E-state index in [4.69, 9.17) is 0 Å². The minimum atomic E-state index is 1.02. The van der Waals surface area contributed by atoms with E-state index >= 15 is 0 Å². The van der Waals surface area contributed by atoms with Crippen LogP contribution >= 0.6 is 0 Å². The lowest BCUT2D eigenvalue weighted by atomic mass is 9.92. The molecule has 0 aliphatic heterocycles. The third-order valence-corrected chi connectivity index (χ3v) is 6.68. The number of unbranched alkanes of at least 4 members (excludes halogenated alkanes) is 17. The first-order valence-electron chi connectivity index (χ1n) is 14.0. The van der Waals surface area contributed by atoms with Crippen LogP contribution in [0.5, 0.6) is 0 Å². The number of hydrogen-bond donors (Lipinski definition) is 0. The lowest BCUT2D eigenvalue weighted by molar-refractivity contribution is 0.392. The summed E-state index contributed by atoms with van der Waals surface area (Å²) < 4.78 is 0. The molecule has 0 spiro atoms. The first-order valence-corrected chi connectivity index (χ1v) is 14.0. The van der Waals surface area contributed by atoms with Gasteiger partial charge in [-0.1, -0.05) is 161 Å². The molecule has 0 aromatic heterocycles. The van der Waals surface area contributed by atoms with E-state index in [0.29, 0.717) is 0 Å². The number of allylic oxidation sites excluding steroid dienone is 2. The van der Waals surface area contributed by atoms with Gasteiger partial charge in [0.1, 0.15) is 0 Å². The monoisotopic (exact) mass is 406 g/mol. The number of hydrogen-bond acceptors (Lipinski definition) is 0. The van der Waals surface area contributed by atoms with Crippen LogP contribution in [-0.2, 0) is 0 Å². The van der Waals surface area contributed by atoms with Crippen LogP contribution in [0.15, 0.2) is 12.2 Å². The lowest BCUT2D eigenvalue weighted by Gasteiger charge is -2.14. The van der Waals surface area contributed by atoms with Crippen LogP contribution in [0, 0.1) is 5.92 Å². The summed E-state index contributed by atoms with van der Waals surface area (Å²) in [6, 6.07) is 0. The second-order valence-electron chi connectivity index (χ2n) is 9.53. The van der Waals surface area contributed by atoms with Gasteiger partial charge in [0.05, 0.1) is 0 Å². The maximum Gasteiger partial charge on any atom is -0.0351 e. The van der Waals surface area contributed by atoms with Crippen LogP contribution in [0.3, 0.4) is 0 Å². The van der Waals surface area contributed by atoms with Crippen molar-refractivity contribution >= 4 is 0 Å². The van der Waals surface area contributed by atoms with Gasteiger partial charge < -0.3 is 0 Å². The van der Waals surface area contributed by atoms with Gasteiger partial charge in [-0.25, -0.2) is 0 Å². The summed E-state index contributed by atoms with van der Waals surface area (Å²) in [6.45, 7) is 6.94. The van der Waals surface area contributed by atoms with Crippen LogP contribution in [0.1, 0.15) is 168 Å². The highest BCUT2D eigenvalue weighted by Crippen LogP contribution is 2.22. The van der Waals surface area contributed by atoms with Gasteiger partial charge >= 0.3 is 0 Å². The van der Waals surface area contributed by atoms with Crippen molar-refractivity contribution in [2.45, 2.75) is 168 Å². The first kappa shape index (κ1) is 28.7. The predicted octanol–water partition coefficient (Wildman–Crippen LogP) is 11.2. The summed E-state index contributed by atoms with van der Waals surface area (Å²) in [5.74, 6) is 1.02. The first-order chi connectivity index (χ1) is 14.3. The molecule has 1 atom stereocenters. The molecular formula is C29H58. The van der Waals surface area contributed by atoms with Crippen molar-refractivity contribution < 1.29 is 0 Å². The van der Waals surface area contributed by atoms with Crippen molar-refractivity contribution in [1.29, 1.82) is 0 Å². The molecule has 0 saturated carbocycles. The molecule has 0 aliphatic carbocycles. The molecule has 0 bridgehead atoms. The van der Waals surface area contributed by atoms with E-state index in [0.717, 1.165) is 5.92 Å². The van der Waals surface area contributed by atoms with Gasteiger partial charge in [0, 0.05) is 0 Å². The Hall–Kier alpha value is -0.260. The van der Waals surface area contributed by atoms with E-state index in [2.05, 4.69) is 32.9 Å². The molecule has 0 heteroatoms. The van der Waals surface area contributed by atoms with Crippen molar-refractivity contribution in [3.05, 3.63) is 12.2 Å². The Balaban J connectivity index is 3.23. The molecule has 0 fully saturated rings. The molecule has 0 heterocycles. The average Bonchev–Trinajstić information content (AvgIpc) is 2.74. The van der Waals surface area contributed by atoms with Gasteiger partial charge in [0.25, 0.3) is 0 Å². The molecule has 0 radical (unpaired) electrons. The van der Waals surface area contributed by atoms with E-state index in [1.54, 1.807) is 0 Å². The molecule has 29 heavy (non-hydrogen) atoms. The predicted molar refractivity (Wildman–Crippen MR) is 136 cm³/mol. The highest BCUT2D eigenvalue weighted by molar-refractivity contribution is 4.79. The SMILES string of the molecule is CCC=CCCCCCCCCCCCCCCC(CC)CCCCCCCC. The highest BCUT2D eigenvalue weighted by atomic mass is 14.1. The van der Waals surface area contributed by atoms with Gasteiger partial charge in [0.2, 0.25) is 0 Å². The van der Waals surface area contributed by atoms with Gasteiger partial charge in [0.15, 0.2) is 0 Å². The summed E-state index contributed by atoms with van der Waals surface area (Å²) in [5.41, 5.74) is 0. The highest BCUT2D eigenvalue weighted by Gasteiger charge is 2.05. The fourth-order valence-electron chi connectivity index (χ4n) is 4.51. The van der Waals surface area contributed by atoms with Crippen LogP contribution in [0.4, 0.5) is 0 Å². The Morgan fingerprint density at radius 3 is 1.28 bits per heavy atom. The normalized spacial score (nSPS) is 12.8. The van der Waals surface area contributed by atoms with Crippen molar-refractivity contribution in [2.24, 2.45) is 5.92 Å². The quantitative estimate of drug-likeness (QED) is 0.110. The van der Waals surface area contributed by atoms with E-state index in [-0.39, 0.29) is 0 Å². The standard InChI is InChI=1S/C29H58/c1-4-7-9-11-13-14-15-16-17-18-19-20-21-22-24-26-28-29(6-3)27-25-23-12-10-8-5-2/h7,9,29H,4-6,8,10-28H2,1-3H3. The molecule has 0 saturated heterocycles. The van der Waals surface area contributed by atoms with Gasteiger partial charge in [-0.15, -0.1) is 0 Å². The summed E-state index contributed by atoms with van der Waals surface area (Å²) in [5, 5.41) is 0. The summed E-state index contributed by atoms with van der Waals surface area (Å²) in [4.78, 5) is 0. The third-order valence-electron chi connectivity index (χ3n) is 6.68. The number of rotatable bonds is 24. The molecule has 0 aromatic rings. The molecule has 174 valence electrons. The zero-order valence-electron chi connectivity index (χ0n) is 21.0. The summed E-state index contributed by atoms with van der Waals surface area (Å²) in [6.07, 6.45) is 37.9. The van der Waals surface area contributed by atoms with E-state index in [1.807, 2.05) is 0 Å². The van der Waals surface area contributed by atoms with E-state index < -0.39 is 0 Å². The molecule has 1 unspecified atom stereocenters. The zero-order valence-corrected chi connectivity index (χ0v) is 21.0. The second kappa shape index (κ2) is 25.8. The molecule has 0 nitrogen and oxygen atoms in total. The largest absolute Gasteiger partial charge is 0.0888 e. The van der Waals surface area contributed by atoms with Crippen LogP contribution in [-0.4, -0.2) is 0 Å². The van der Waals surface area contributed by atoms with Crippen LogP contribution in [0.2, 0.25) is 0 Å². The second-order valence-corrected chi connectivity index (χ2v) is 9.53. The van der Waals surface area contributed by atoms with E-state index in [1.165, 1.54) is 148 Å². The van der Waals surface area contributed by atoms with E-state index in [9.17, 15) is 0 Å². The van der Waals surface area contributed by atoms with Gasteiger partial charge in [-0.05, 0) is 25.2 Å². The summed E-state index contributed by atoms with van der Waals surface area (Å²) in [7, 11) is 0. The molecule has 0 aromatic carbocycles.